The zero-order valence-electron chi connectivity index (χ0n) is 14.7. The molecule has 6 heteroatoms. The number of benzene rings is 2. The van der Waals surface area contributed by atoms with Gasteiger partial charge in [-0.3, -0.25) is 0 Å². The highest BCUT2D eigenvalue weighted by Gasteiger charge is 2.19. The van der Waals surface area contributed by atoms with Gasteiger partial charge in [0.25, 0.3) is 10.0 Å². The highest BCUT2D eigenvalue weighted by molar-refractivity contribution is 7.89. The first-order valence-electron chi connectivity index (χ1n) is 7.96. The van der Waals surface area contributed by atoms with E-state index in [2.05, 4.69) is 9.93 Å². The van der Waals surface area contributed by atoms with Crippen molar-refractivity contribution in [3.8, 4) is 0 Å². The van der Waals surface area contributed by atoms with Crippen LogP contribution in [-0.2, 0) is 17.1 Å². The normalized spacial score (nSPS) is 12.2. The summed E-state index contributed by atoms with van der Waals surface area (Å²) in [6, 6.07) is 11.6. The zero-order chi connectivity index (χ0) is 18.2. The minimum Gasteiger partial charge on any atom is -0.350 e. The average molecular weight is 355 g/mol. The van der Waals surface area contributed by atoms with Gasteiger partial charge in [-0.05, 0) is 38.0 Å². The molecule has 0 amide bonds. The molecule has 1 aromatic heterocycles. The van der Waals surface area contributed by atoms with Crippen LogP contribution >= 0.6 is 0 Å². The molecule has 0 unspecified atom stereocenters. The average Bonchev–Trinajstić information content (AvgIpc) is 2.83. The second-order valence-corrected chi connectivity index (χ2v) is 7.89. The van der Waals surface area contributed by atoms with Crippen molar-refractivity contribution in [1.82, 2.24) is 9.40 Å². The number of aryl methyl sites for hydroxylation is 4. The summed E-state index contributed by atoms with van der Waals surface area (Å²) < 4.78 is 27.2. The van der Waals surface area contributed by atoms with Crippen LogP contribution in [0.2, 0.25) is 0 Å². The number of nitrogens with one attached hydrogen (secondary N) is 1. The molecule has 0 saturated carbocycles. The topological polar surface area (TPSA) is 63.5 Å². The fourth-order valence-electron chi connectivity index (χ4n) is 3.28. The minimum absolute atomic E-state index is 0.285. The van der Waals surface area contributed by atoms with E-state index in [1.807, 2.05) is 61.1 Å². The van der Waals surface area contributed by atoms with E-state index in [0.717, 1.165) is 22.0 Å². The molecule has 0 aliphatic carbocycles. The van der Waals surface area contributed by atoms with E-state index >= 15 is 0 Å². The third kappa shape index (κ3) is 3.30. The Morgan fingerprint density at radius 3 is 2.40 bits per heavy atom. The van der Waals surface area contributed by atoms with Crippen molar-refractivity contribution in [3.05, 3.63) is 64.8 Å². The second kappa shape index (κ2) is 6.37. The van der Waals surface area contributed by atoms with E-state index in [0.29, 0.717) is 11.1 Å². The molecule has 1 heterocycles. The van der Waals surface area contributed by atoms with Crippen molar-refractivity contribution < 1.29 is 8.42 Å². The van der Waals surface area contributed by atoms with Crippen LogP contribution in [-0.4, -0.2) is 19.2 Å². The van der Waals surface area contributed by atoms with Gasteiger partial charge in [-0.1, -0.05) is 35.9 Å². The standard InChI is InChI=1S/C19H21N3O2S/c1-13-9-14(2)19(15(3)10-13)25(23,24)21-20-11-16-12-22(4)18-8-6-5-7-17(16)18/h5-12,21H,1-4H3/b20-11+. The molecule has 0 radical (unpaired) electrons. The Labute approximate surface area is 148 Å². The number of hydrazone groups is 1. The molecule has 130 valence electrons. The van der Waals surface area contributed by atoms with Crippen molar-refractivity contribution in [3.63, 3.8) is 0 Å². The van der Waals surface area contributed by atoms with Gasteiger partial charge in [0.15, 0.2) is 0 Å². The molecule has 3 aromatic rings. The molecule has 0 aliphatic heterocycles. The quantitative estimate of drug-likeness (QED) is 0.576. The van der Waals surface area contributed by atoms with Crippen molar-refractivity contribution in [2.45, 2.75) is 25.7 Å². The maximum atomic E-state index is 12.6. The van der Waals surface area contributed by atoms with Gasteiger partial charge in [0.1, 0.15) is 0 Å². The summed E-state index contributed by atoms with van der Waals surface area (Å²) in [7, 11) is -1.76. The molecular weight excluding hydrogens is 334 g/mol. The van der Waals surface area contributed by atoms with Gasteiger partial charge in [0, 0.05) is 29.7 Å². The summed E-state index contributed by atoms with van der Waals surface area (Å²) >= 11 is 0. The van der Waals surface area contributed by atoms with Gasteiger partial charge >= 0.3 is 0 Å². The molecule has 0 atom stereocenters. The van der Waals surface area contributed by atoms with Crippen LogP contribution in [0.15, 0.2) is 52.6 Å². The maximum absolute atomic E-state index is 12.6. The smallest absolute Gasteiger partial charge is 0.277 e. The summed E-state index contributed by atoms with van der Waals surface area (Å²) in [5.74, 6) is 0. The van der Waals surface area contributed by atoms with Gasteiger partial charge in [-0.2, -0.15) is 13.5 Å². The lowest BCUT2D eigenvalue weighted by atomic mass is 10.1. The lowest BCUT2D eigenvalue weighted by Gasteiger charge is -2.11. The monoisotopic (exact) mass is 355 g/mol. The third-order valence-corrected chi connectivity index (χ3v) is 5.70. The predicted molar refractivity (Wildman–Crippen MR) is 101 cm³/mol. The highest BCUT2D eigenvalue weighted by Crippen LogP contribution is 2.22. The molecule has 0 bridgehead atoms. The number of nitrogens with zero attached hydrogens (tertiary/aromatic N) is 2. The molecule has 3 rings (SSSR count). The van der Waals surface area contributed by atoms with Gasteiger partial charge in [-0.15, -0.1) is 0 Å². The number of para-hydroxylation sites is 1. The summed E-state index contributed by atoms with van der Waals surface area (Å²) in [6.45, 7) is 5.54. The summed E-state index contributed by atoms with van der Waals surface area (Å²) in [6.07, 6.45) is 3.46. The van der Waals surface area contributed by atoms with E-state index in [1.54, 1.807) is 20.1 Å². The highest BCUT2D eigenvalue weighted by atomic mass is 32.2. The van der Waals surface area contributed by atoms with Crippen LogP contribution in [0.3, 0.4) is 0 Å². The number of rotatable bonds is 4. The fraction of sp³-hybridized carbons (Fsp3) is 0.211. The van der Waals surface area contributed by atoms with Crippen LogP contribution in [0.5, 0.6) is 0 Å². The fourth-order valence-corrected chi connectivity index (χ4v) is 4.53. The Bertz CT molecular complexity index is 1060. The van der Waals surface area contributed by atoms with Gasteiger partial charge < -0.3 is 4.57 Å². The van der Waals surface area contributed by atoms with Crippen LogP contribution in [0.4, 0.5) is 0 Å². The van der Waals surface area contributed by atoms with E-state index < -0.39 is 10.0 Å². The van der Waals surface area contributed by atoms with Gasteiger partial charge in [0.2, 0.25) is 0 Å². The Morgan fingerprint density at radius 2 is 1.72 bits per heavy atom. The summed E-state index contributed by atoms with van der Waals surface area (Å²) in [5.41, 5.74) is 4.39. The third-order valence-electron chi connectivity index (χ3n) is 4.18. The minimum atomic E-state index is -3.71. The van der Waals surface area contributed by atoms with E-state index in [-0.39, 0.29) is 4.90 Å². The van der Waals surface area contributed by atoms with Crippen LogP contribution in [0.1, 0.15) is 22.3 Å². The van der Waals surface area contributed by atoms with Crippen LogP contribution < -0.4 is 4.83 Å². The molecule has 0 fully saturated rings. The van der Waals surface area contributed by atoms with E-state index in [1.165, 1.54) is 0 Å². The lowest BCUT2D eigenvalue weighted by molar-refractivity contribution is 0.583. The maximum Gasteiger partial charge on any atom is 0.277 e. The van der Waals surface area contributed by atoms with Crippen LogP contribution in [0, 0.1) is 20.8 Å². The molecule has 0 spiro atoms. The zero-order valence-corrected chi connectivity index (χ0v) is 15.6. The van der Waals surface area contributed by atoms with E-state index in [4.69, 9.17) is 0 Å². The van der Waals surface area contributed by atoms with Gasteiger partial charge in [-0.25, -0.2) is 4.83 Å². The number of fused-ring (bicyclic) bond motifs is 1. The summed E-state index contributed by atoms with van der Waals surface area (Å²) in [4.78, 5) is 2.62. The first-order chi connectivity index (χ1) is 11.8. The lowest BCUT2D eigenvalue weighted by Crippen LogP contribution is -2.20. The number of hydrogen-bond acceptors (Lipinski definition) is 3. The number of sulfonamides is 1. The van der Waals surface area contributed by atoms with Crippen molar-refractivity contribution in [2.75, 3.05) is 0 Å². The Hall–Kier alpha value is -2.60. The van der Waals surface area contributed by atoms with Gasteiger partial charge in [0.05, 0.1) is 11.1 Å². The largest absolute Gasteiger partial charge is 0.350 e. The first kappa shape index (κ1) is 17.2. The molecule has 25 heavy (non-hydrogen) atoms. The second-order valence-electron chi connectivity index (χ2n) is 6.29. The van der Waals surface area contributed by atoms with E-state index in [9.17, 15) is 8.42 Å². The summed E-state index contributed by atoms with van der Waals surface area (Å²) in [5, 5.41) is 5.01. The Balaban J connectivity index is 1.91. The van der Waals surface area contributed by atoms with Crippen molar-refractivity contribution >= 4 is 27.1 Å². The predicted octanol–water partition coefficient (Wildman–Crippen LogP) is 3.42. The number of aromatic nitrogens is 1. The Kier molecular flexibility index (Phi) is 4.39. The molecule has 2 aromatic carbocycles. The van der Waals surface area contributed by atoms with Crippen molar-refractivity contribution in [1.29, 1.82) is 0 Å². The SMILES string of the molecule is Cc1cc(C)c(S(=O)(=O)N/N=C/c2cn(C)c3ccccc23)c(C)c1. The molecule has 1 N–H and O–H groups in total. The molecular formula is C19H21N3O2S. The van der Waals surface area contributed by atoms with Crippen LogP contribution in [0.25, 0.3) is 10.9 Å². The molecule has 5 nitrogen and oxygen atoms in total. The molecule has 0 aliphatic rings. The number of hydrogen-bond donors (Lipinski definition) is 1. The Morgan fingerprint density at radius 1 is 1.08 bits per heavy atom. The first-order valence-corrected chi connectivity index (χ1v) is 9.44. The molecule has 0 saturated heterocycles. The van der Waals surface area contributed by atoms with Crippen molar-refractivity contribution in [2.24, 2.45) is 12.1 Å².